The van der Waals surface area contributed by atoms with Crippen molar-refractivity contribution in [2.45, 2.75) is 30.3 Å². The van der Waals surface area contributed by atoms with Crippen LogP contribution in [0.4, 0.5) is 13.2 Å². The van der Waals surface area contributed by atoms with E-state index in [1.807, 2.05) is 10.8 Å². The summed E-state index contributed by atoms with van der Waals surface area (Å²) in [6, 6.07) is 3.35. The van der Waals surface area contributed by atoms with Crippen molar-refractivity contribution >= 4 is 15.9 Å². The average Bonchev–Trinajstić information content (AvgIpc) is 2.53. The second-order valence-electron chi connectivity index (χ2n) is 5.27. The molecule has 1 unspecified atom stereocenters. The van der Waals surface area contributed by atoms with E-state index in [1.54, 1.807) is 6.08 Å². The van der Waals surface area contributed by atoms with E-state index in [0.717, 1.165) is 12.1 Å². The van der Waals surface area contributed by atoms with Crippen LogP contribution in [0, 0.1) is 17.2 Å². The van der Waals surface area contributed by atoms with E-state index in [2.05, 4.69) is 0 Å². The van der Waals surface area contributed by atoms with Crippen LogP contribution in [-0.4, -0.2) is 14.3 Å². The van der Waals surface area contributed by atoms with Crippen molar-refractivity contribution in [2.75, 3.05) is 0 Å². The minimum absolute atomic E-state index is 0.356. The number of benzene rings is 1. The zero-order valence-corrected chi connectivity index (χ0v) is 13.1. The molecule has 1 aromatic carbocycles. The number of nitrogens with one attached hydrogen (secondary N) is 1. The number of nitriles is 1. The summed E-state index contributed by atoms with van der Waals surface area (Å²) in [5, 5.41) is 8.72. The SMILES string of the molecule is N#Cc1ccc(S(=O)(=O)NC(=O)C2CC=CCC2)cc1C(F)(F)F. The van der Waals surface area contributed by atoms with Gasteiger partial charge in [0.1, 0.15) is 0 Å². The van der Waals surface area contributed by atoms with Gasteiger partial charge in [-0.2, -0.15) is 18.4 Å². The highest BCUT2D eigenvalue weighted by Gasteiger charge is 2.35. The number of sulfonamides is 1. The first kappa shape index (κ1) is 18.0. The van der Waals surface area contributed by atoms with Crippen molar-refractivity contribution in [3.8, 4) is 6.07 Å². The molecule has 1 atom stereocenters. The number of halogens is 3. The summed E-state index contributed by atoms with van der Waals surface area (Å²) in [5.74, 6) is -1.29. The molecule has 1 aliphatic rings. The number of hydrogen-bond acceptors (Lipinski definition) is 4. The highest BCUT2D eigenvalue weighted by atomic mass is 32.2. The molecule has 5 nitrogen and oxygen atoms in total. The molecule has 1 aliphatic carbocycles. The third-order valence-electron chi connectivity index (χ3n) is 3.60. The summed E-state index contributed by atoms with van der Waals surface area (Å²) in [7, 11) is -4.45. The Balaban J connectivity index is 2.31. The van der Waals surface area contributed by atoms with Crippen LogP contribution < -0.4 is 4.72 Å². The Morgan fingerprint density at radius 2 is 2.00 bits per heavy atom. The maximum Gasteiger partial charge on any atom is 0.417 e. The van der Waals surface area contributed by atoms with Gasteiger partial charge in [-0.25, -0.2) is 13.1 Å². The molecule has 0 aliphatic heterocycles. The Labute approximate surface area is 136 Å². The standard InChI is InChI=1S/C15H13F3N2O3S/c16-15(17,18)13-8-12(7-6-11(13)9-19)24(22,23)20-14(21)10-4-2-1-3-5-10/h1-2,6-8,10H,3-5H2,(H,20,21). The molecule has 1 N–H and O–H groups in total. The number of carbonyl (C=O) groups is 1. The van der Waals surface area contributed by atoms with E-state index in [4.69, 9.17) is 5.26 Å². The van der Waals surface area contributed by atoms with Crippen molar-refractivity contribution in [3.05, 3.63) is 41.5 Å². The van der Waals surface area contributed by atoms with Crippen LogP contribution in [0.5, 0.6) is 0 Å². The fraction of sp³-hybridized carbons (Fsp3) is 0.333. The highest BCUT2D eigenvalue weighted by molar-refractivity contribution is 7.90. The lowest BCUT2D eigenvalue weighted by Crippen LogP contribution is -2.36. The van der Waals surface area contributed by atoms with Crippen LogP contribution in [0.25, 0.3) is 0 Å². The van der Waals surface area contributed by atoms with Crippen molar-refractivity contribution in [2.24, 2.45) is 5.92 Å². The number of nitrogens with zero attached hydrogens (tertiary/aromatic N) is 1. The summed E-state index contributed by atoms with van der Waals surface area (Å²) in [5.41, 5.74) is -2.05. The van der Waals surface area contributed by atoms with Crippen molar-refractivity contribution in [1.29, 1.82) is 5.26 Å². The zero-order chi connectivity index (χ0) is 18.0. The maximum absolute atomic E-state index is 12.9. The lowest BCUT2D eigenvalue weighted by molar-refractivity contribution is -0.137. The van der Waals surface area contributed by atoms with E-state index < -0.39 is 44.0 Å². The first-order valence-corrected chi connectivity index (χ1v) is 8.46. The van der Waals surface area contributed by atoms with Crippen LogP contribution in [0.3, 0.4) is 0 Å². The number of allylic oxidation sites excluding steroid dienone is 2. The molecule has 0 radical (unpaired) electrons. The van der Waals surface area contributed by atoms with E-state index in [9.17, 15) is 26.4 Å². The minimum Gasteiger partial charge on any atom is -0.274 e. The third kappa shape index (κ3) is 3.94. The van der Waals surface area contributed by atoms with Gasteiger partial charge in [0, 0.05) is 5.92 Å². The molecule has 0 spiro atoms. The predicted molar refractivity (Wildman–Crippen MR) is 78.0 cm³/mol. The molecule has 0 heterocycles. The largest absolute Gasteiger partial charge is 0.417 e. The molecule has 9 heteroatoms. The summed E-state index contributed by atoms with van der Waals surface area (Å²) in [6.45, 7) is 0. The van der Waals surface area contributed by atoms with Crippen LogP contribution >= 0.6 is 0 Å². The average molecular weight is 358 g/mol. The Morgan fingerprint density at radius 3 is 2.54 bits per heavy atom. The summed E-state index contributed by atoms with van der Waals surface area (Å²) in [4.78, 5) is 11.3. The fourth-order valence-corrected chi connectivity index (χ4v) is 3.40. The van der Waals surface area contributed by atoms with Gasteiger partial charge in [-0.15, -0.1) is 0 Å². The molecule has 0 saturated carbocycles. The molecule has 24 heavy (non-hydrogen) atoms. The van der Waals surface area contributed by atoms with E-state index in [1.165, 1.54) is 6.07 Å². The number of rotatable bonds is 3. The van der Waals surface area contributed by atoms with Gasteiger partial charge in [-0.05, 0) is 37.5 Å². The van der Waals surface area contributed by atoms with Gasteiger partial charge in [-0.3, -0.25) is 4.79 Å². The molecule has 2 rings (SSSR count). The second kappa shape index (κ2) is 6.65. The van der Waals surface area contributed by atoms with Gasteiger partial charge in [0.05, 0.1) is 22.1 Å². The number of amides is 1. The van der Waals surface area contributed by atoms with Crippen molar-refractivity contribution in [3.63, 3.8) is 0 Å². The van der Waals surface area contributed by atoms with Gasteiger partial charge < -0.3 is 0 Å². The van der Waals surface area contributed by atoms with Gasteiger partial charge in [0.15, 0.2) is 0 Å². The zero-order valence-electron chi connectivity index (χ0n) is 12.3. The summed E-state index contributed by atoms with van der Waals surface area (Å²) >= 11 is 0. The lowest BCUT2D eigenvalue weighted by Gasteiger charge is -2.17. The van der Waals surface area contributed by atoms with Crippen LogP contribution in [-0.2, 0) is 21.0 Å². The van der Waals surface area contributed by atoms with Crippen LogP contribution in [0.15, 0.2) is 35.2 Å². The molecule has 0 aromatic heterocycles. The highest BCUT2D eigenvalue weighted by Crippen LogP contribution is 2.33. The molecular formula is C15H13F3N2O3S. The van der Waals surface area contributed by atoms with Gasteiger partial charge in [0.25, 0.3) is 10.0 Å². The normalized spacial score (nSPS) is 18.0. The summed E-state index contributed by atoms with van der Waals surface area (Å²) < 4.78 is 64.9. The molecule has 1 aromatic rings. The Morgan fingerprint density at radius 1 is 1.29 bits per heavy atom. The van der Waals surface area contributed by atoms with E-state index >= 15 is 0 Å². The second-order valence-corrected chi connectivity index (χ2v) is 6.95. The van der Waals surface area contributed by atoms with Crippen molar-refractivity contribution in [1.82, 2.24) is 4.72 Å². The van der Waals surface area contributed by atoms with Gasteiger partial charge >= 0.3 is 6.18 Å². The first-order valence-electron chi connectivity index (χ1n) is 6.98. The summed E-state index contributed by atoms with van der Waals surface area (Å²) in [6.07, 6.45) is 0.224. The first-order chi connectivity index (χ1) is 11.1. The van der Waals surface area contributed by atoms with Crippen LogP contribution in [0.1, 0.15) is 30.4 Å². The van der Waals surface area contributed by atoms with Crippen LogP contribution in [0.2, 0.25) is 0 Å². The topological polar surface area (TPSA) is 87.0 Å². The van der Waals surface area contributed by atoms with E-state index in [0.29, 0.717) is 25.3 Å². The molecule has 0 bridgehead atoms. The number of alkyl halides is 3. The van der Waals surface area contributed by atoms with Crippen molar-refractivity contribution < 1.29 is 26.4 Å². The lowest BCUT2D eigenvalue weighted by atomic mass is 9.94. The van der Waals surface area contributed by atoms with E-state index in [-0.39, 0.29) is 0 Å². The fourth-order valence-electron chi connectivity index (χ4n) is 2.33. The monoisotopic (exact) mass is 358 g/mol. The third-order valence-corrected chi connectivity index (χ3v) is 4.95. The number of carbonyl (C=O) groups excluding carboxylic acids is 1. The van der Waals surface area contributed by atoms with Gasteiger partial charge in [-0.1, -0.05) is 12.2 Å². The Kier molecular flexibility index (Phi) is 4.99. The Bertz CT molecular complexity index is 823. The molecule has 128 valence electrons. The molecule has 0 saturated heterocycles. The smallest absolute Gasteiger partial charge is 0.274 e. The Hall–Kier alpha value is -2.34. The molecule has 1 amide bonds. The predicted octanol–water partition coefficient (Wildman–Crippen LogP) is 2.74. The number of hydrogen-bond donors (Lipinski definition) is 1. The molecular weight excluding hydrogens is 345 g/mol. The minimum atomic E-state index is -4.88. The maximum atomic E-state index is 12.9. The van der Waals surface area contributed by atoms with Gasteiger partial charge in [0.2, 0.25) is 5.91 Å². The molecule has 0 fully saturated rings. The quantitative estimate of drug-likeness (QED) is 0.842.